The summed E-state index contributed by atoms with van der Waals surface area (Å²) in [6.45, 7) is 9.16. The Hall–Kier alpha value is -4.64. The third-order valence-corrected chi connectivity index (χ3v) is 7.94. The number of nitrogens with two attached hydrogens (primary N) is 1. The number of fused-ring (bicyclic) bond motifs is 1. The number of carbonyl (C=O) groups excluding carboxylic acids is 2. The Morgan fingerprint density at radius 2 is 1.97 bits per heavy atom. The minimum Gasteiger partial charge on any atom is -0.441 e. The molecule has 8 nitrogen and oxygen atoms in total. The van der Waals surface area contributed by atoms with E-state index in [-0.39, 0.29) is 6.09 Å². The van der Waals surface area contributed by atoms with Crippen LogP contribution in [0.4, 0.5) is 10.5 Å². The molecule has 39 heavy (non-hydrogen) atoms. The van der Waals surface area contributed by atoms with Crippen molar-refractivity contribution >= 4 is 28.7 Å². The fraction of sp³-hybridized carbons (Fsp3) is 0.290. The van der Waals surface area contributed by atoms with E-state index in [9.17, 15) is 9.59 Å². The van der Waals surface area contributed by atoms with Gasteiger partial charge in [-0.05, 0) is 78.6 Å². The molecule has 1 saturated carbocycles. The second-order valence-corrected chi connectivity index (χ2v) is 10.7. The van der Waals surface area contributed by atoms with Gasteiger partial charge in [0.05, 0.1) is 30.5 Å². The Labute approximate surface area is 226 Å². The van der Waals surface area contributed by atoms with Gasteiger partial charge in [0.25, 0.3) is 0 Å². The Bertz CT molecular complexity index is 1600. The normalized spacial score (nSPS) is 20.7. The number of nitrogens with zero attached hydrogens (tertiary/aromatic N) is 4. The van der Waals surface area contributed by atoms with Crippen LogP contribution < -0.4 is 5.73 Å². The average Bonchev–Trinajstić information content (AvgIpc) is 3.47. The van der Waals surface area contributed by atoms with E-state index in [1.165, 1.54) is 0 Å². The number of amides is 2. The van der Waals surface area contributed by atoms with Crippen molar-refractivity contribution < 1.29 is 14.3 Å². The number of aromatic nitrogens is 2. The van der Waals surface area contributed by atoms with Crippen LogP contribution in [0, 0.1) is 12.5 Å². The molecule has 2 fully saturated rings. The molecule has 0 radical (unpaired) electrons. The molecule has 2 aliphatic rings. The van der Waals surface area contributed by atoms with Crippen LogP contribution >= 0.6 is 0 Å². The maximum atomic E-state index is 13.0. The van der Waals surface area contributed by atoms with Crippen LogP contribution in [0.3, 0.4) is 0 Å². The molecular formula is C31H29N5O3. The van der Waals surface area contributed by atoms with Crippen LogP contribution in [0.15, 0.2) is 73.1 Å². The average molecular weight is 520 g/mol. The maximum absolute atomic E-state index is 13.0. The van der Waals surface area contributed by atoms with Crippen molar-refractivity contribution in [1.29, 1.82) is 0 Å². The van der Waals surface area contributed by atoms with E-state index in [1.54, 1.807) is 18.2 Å². The van der Waals surface area contributed by atoms with Crippen LogP contribution in [-0.4, -0.2) is 38.6 Å². The molecule has 2 amide bonds. The summed E-state index contributed by atoms with van der Waals surface area (Å²) in [6.07, 6.45) is 5.33. The zero-order valence-electron chi connectivity index (χ0n) is 21.5. The third-order valence-electron chi connectivity index (χ3n) is 7.94. The van der Waals surface area contributed by atoms with E-state index in [0.29, 0.717) is 30.3 Å². The van der Waals surface area contributed by atoms with Gasteiger partial charge in [0.15, 0.2) is 5.69 Å². The lowest BCUT2D eigenvalue weighted by Gasteiger charge is -2.36. The zero-order chi connectivity index (χ0) is 27.0. The van der Waals surface area contributed by atoms with Crippen molar-refractivity contribution in [3.8, 4) is 11.1 Å². The minimum atomic E-state index is -0.472. The first kappa shape index (κ1) is 24.7. The molecular weight excluding hydrogens is 490 g/mol. The highest BCUT2D eigenvalue weighted by Gasteiger charge is 2.47. The van der Waals surface area contributed by atoms with Crippen molar-refractivity contribution in [3.63, 3.8) is 0 Å². The highest BCUT2D eigenvalue weighted by atomic mass is 16.6. The SMILES string of the molecule is [C-]#[N+]c1ccc2ncn(C[C@H]3CCC[C@]4(C3)CN(Cc3cccc(-c5ccc(C(N)=O)cc5)c3)C(=O)O4)c2c1. The van der Waals surface area contributed by atoms with E-state index in [1.807, 2.05) is 53.7 Å². The predicted molar refractivity (Wildman–Crippen MR) is 148 cm³/mol. The molecule has 196 valence electrons. The summed E-state index contributed by atoms with van der Waals surface area (Å²) in [5, 5.41) is 0. The molecule has 2 N–H and O–H groups in total. The molecule has 1 aliphatic heterocycles. The minimum absolute atomic E-state index is 0.262. The van der Waals surface area contributed by atoms with Gasteiger partial charge in [-0.1, -0.05) is 36.4 Å². The molecule has 0 bridgehead atoms. The fourth-order valence-corrected chi connectivity index (χ4v) is 6.09. The Morgan fingerprint density at radius 3 is 2.77 bits per heavy atom. The first-order valence-electron chi connectivity index (χ1n) is 13.2. The second-order valence-electron chi connectivity index (χ2n) is 10.7. The van der Waals surface area contributed by atoms with Crippen LogP contribution in [0.1, 0.15) is 41.6 Å². The molecule has 2 atom stereocenters. The molecule has 1 aromatic heterocycles. The number of rotatable bonds is 6. The fourth-order valence-electron chi connectivity index (χ4n) is 6.09. The van der Waals surface area contributed by atoms with Gasteiger partial charge in [-0.25, -0.2) is 14.6 Å². The first-order chi connectivity index (χ1) is 18.9. The van der Waals surface area contributed by atoms with Gasteiger partial charge in [-0.3, -0.25) is 9.69 Å². The van der Waals surface area contributed by atoms with Crippen molar-refractivity contribution in [2.45, 2.75) is 44.4 Å². The Kier molecular flexibility index (Phi) is 6.27. The third kappa shape index (κ3) is 4.96. The summed E-state index contributed by atoms with van der Waals surface area (Å²) >= 11 is 0. The number of hydrogen-bond donors (Lipinski definition) is 1. The first-order valence-corrected chi connectivity index (χ1v) is 13.2. The summed E-state index contributed by atoms with van der Waals surface area (Å²) in [7, 11) is 0. The lowest BCUT2D eigenvalue weighted by Crippen LogP contribution is -2.40. The van der Waals surface area contributed by atoms with E-state index >= 15 is 0 Å². The molecule has 2 heterocycles. The lowest BCUT2D eigenvalue weighted by molar-refractivity contribution is 0.00414. The molecule has 0 unspecified atom stereocenters. The highest BCUT2D eigenvalue weighted by molar-refractivity contribution is 5.93. The number of primary amides is 1. The topological polar surface area (TPSA) is 94.8 Å². The summed E-state index contributed by atoms with van der Waals surface area (Å²) in [4.78, 5) is 34.3. The Morgan fingerprint density at radius 1 is 1.13 bits per heavy atom. The molecule has 4 aromatic rings. The lowest BCUT2D eigenvalue weighted by atomic mass is 9.78. The van der Waals surface area contributed by atoms with Gasteiger partial charge >= 0.3 is 6.09 Å². The van der Waals surface area contributed by atoms with Gasteiger partial charge < -0.3 is 15.0 Å². The van der Waals surface area contributed by atoms with Gasteiger partial charge in [0.2, 0.25) is 5.91 Å². The van der Waals surface area contributed by atoms with Crippen LogP contribution in [-0.2, 0) is 17.8 Å². The van der Waals surface area contributed by atoms with Crippen LogP contribution in [0.2, 0.25) is 0 Å². The number of hydrogen-bond acceptors (Lipinski definition) is 4. The van der Waals surface area contributed by atoms with Crippen molar-refractivity contribution in [3.05, 3.63) is 95.6 Å². The number of benzene rings is 3. The molecule has 6 rings (SSSR count). The summed E-state index contributed by atoms with van der Waals surface area (Å²) in [5.74, 6) is -0.0958. The predicted octanol–water partition coefficient (Wildman–Crippen LogP) is 5.93. The second kappa shape index (κ2) is 9.91. The molecule has 8 heteroatoms. The van der Waals surface area contributed by atoms with Gasteiger partial charge in [0, 0.05) is 18.7 Å². The van der Waals surface area contributed by atoms with Crippen LogP contribution in [0.5, 0.6) is 0 Å². The largest absolute Gasteiger partial charge is 0.441 e. The zero-order valence-corrected chi connectivity index (χ0v) is 21.5. The van der Waals surface area contributed by atoms with Crippen molar-refractivity contribution in [1.82, 2.24) is 14.5 Å². The summed E-state index contributed by atoms with van der Waals surface area (Å²) in [6, 6.07) is 20.9. The number of carbonyl (C=O) groups is 2. The number of imidazole rings is 1. The van der Waals surface area contributed by atoms with Crippen molar-refractivity contribution in [2.24, 2.45) is 11.7 Å². The van der Waals surface area contributed by atoms with E-state index in [2.05, 4.69) is 20.5 Å². The maximum Gasteiger partial charge on any atom is 0.410 e. The standard InChI is InChI=1S/C31H29N5O3/c1-33-26-11-12-27-28(15-26)36(20-34-27)18-22-5-3-13-31(16-22)19-35(30(38)39-31)17-21-4-2-6-25(14-21)23-7-9-24(10-8-23)29(32)37/h2,4,6-12,14-15,20,22H,3,5,13,16-19H2,(H2,32,37)/t22-,31-/m0/s1. The molecule has 1 saturated heterocycles. The molecule has 1 aliphatic carbocycles. The number of ether oxygens (including phenoxy) is 1. The molecule has 3 aromatic carbocycles. The smallest absolute Gasteiger partial charge is 0.410 e. The van der Waals surface area contributed by atoms with Crippen molar-refractivity contribution in [2.75, 3.05) is 6.54 Å². The monoisotopic (exact) mass is 519 g/mol. The van der Waals surface area contributed by atoms with E-state index < -0.39 is 11.5 Å². The van der Waals surface area contributed by atoms with E-state index in [0.717, 1.165) is 60.0 Å². The van der Waals surface area contributed by atoms with Gasteiger partial charge in [-0.15, -0.1) is 0 Å². The quantitative estimate of drug-likeness (QED) is 0.319. The van der Waals surface area contributed by atoms with Gasteiger partial charge in [0.1, 0.15) is 5.60 Å². The molecule has 1 spiro atoms. The van der Waals surface area contributed by atoms with E-state index in [4.69, 9.17) is 17.0 Å². The highest BCUT2D eigenvalue weighted by Crippen LogP contribution is 2.41. The Balaban J connectivity index is 1.14. The van der Waals surface area contributed by atoms with Gasteiger partial charge in [-0.2, -0.15) is 0 Å². The summed E-state index contributed by atoms with van der Waals surface area (Å²) < 4.78 is 8.21. The van der Waals surface area contributed by atoms with Crippen LogP contribution in [0.25, 0.3) is 27.0 Å². The summed E-state index contributed by atoms with van der Waals surface area (Å²) in [5.41, 5.74) is 10.8.